The van der Waals surface area contributed by atoms with Gasteiger partial charge in [0.05, 0.1) is 12.5 Å². The van der Waals surface area contributed by atoms with E-state index in [-0.39, 0.29) is 6.04 Å². The van der Waals surface area contributed by atoms with Gasteiger partial charge in [0.1, 0.15) is 5.82 Å². The molecule has 2 aliphatic rings. The van der Waals surface area contributed by atoms with E-state index in [0.717, 1.165) is 24.5 Å². The molecule has 7 nitrogen and oxygen atoms in total. The van der Waals surface area contributed by atoms with Crippen molar-refractivity contribution in [3.63, 3.8) is 0 Å². The molecule has 27 heavy (non-hydrogen) atoms. The molecule has 1 aliphatic heterocycles. The zero-order valence-electron chi connectivity index (χ0n) is 15.0. The van der Waals surface area contributed by atoms with E-state index in [9.17, 15) is 18.0 Å². The summed E-state index contributed by atoms with van der Waals surface area (Å²) in [6.07, 6.45) is -2.50. The van der Waals surface area contributed by atoms with E-state index in [2.05, 4.69) is 15.3 Å². The fraction of sp³-hybridized carbons (Fsp3) is 0.647. The monoisotopic (exact) mass is 382 g/mol. The molecule has 1 amide bonds. The van der Waals surface area contributed by atoms with Crippen molar-refractivity contribution in [3.8, 4) is 0 Å². The standard InChI is InChI=1S/C17H21F3N6O/c1-24(15(27)7-8-17(18,19)20)12-9-25(10-12)14-6-5-13-21-22-16(26(13)23-14)11-3-2-4-11/h5-6,11-12H,2-4,7-10H2,1H3. The lowest BCUT2D eigenvalue weighted by Gasteiger charge is -2.44. The molecule has 2 aromatic heterocycles. The van der Waals surface area contributed by atoms with Crippen molar-refractivity contribution in [2.24, 2.45) is 0 Å². The van der Waals surface area contributed by atoms with Gasteiger partial charge >= 0.3 is 6.18 Å². The van der Waals surface area contributed by atoms with Gasteiger partial charge in [-0.15, -0.1) is 15.3 Å². The highest BCUT2D eigenvalue weighted by Gasteiger charge is 2.35. The Morgan fingerprint density at radius 3 is 2.63 bits per heavy atom. The van der Waals surface area contributed by atoms with Gasteiger partial charge in [0.25, 0.3) is 0 Å². The number of carbonyl (C=O) groups excluding carboxylic acids is 1. The van der Waals surface area contributed by atoms with Crippen molar-refractivity contribution in [3.05, 3.63) is 18.0 Å². The number of carbonyl (C=O) groups is 1. The molecule has 2 fully saturated rings. The van der Waals surface area contributed by atoms with E-state index < -0.39 is 24.9 Å². The van der Waals surface area contributed by atoms with Crippen molar-refractivity contribution in [1.82, 2.24) is 24.7 Å². The third-order valence-electron chi connectivity index (χ3n) is 5.49. The maximum Gasteiger partial charge on any atom is 0.389 e. The average molecular weight is 382 g/mol. The van der Waals surface area contributed by atoms with Crippen molar-refractivity contribution in [2.45, 2.75) is 50.2 Å². The molecule has 10 heteroatoms. The third kappa shape index (κ3) is 3.57. The Morgan fingerprint density at radius 2 is 2.00 bits per heavy atom. The molecule has 0 unspecified atom stereocenters. The van der Waals surface area contributed by atoms with Crippen molar-refractivity contribution in [2.75, 3.05) is 25.0 Å². The SMILES string of the molecule is CN(C(=O)CCC(F)(F)F)C1CN(c2ccc3nnc(C4CCC4)n3n2)C1. The predicted molar refractivity (Wildman–Crippen MR) is 91.4 cm³/mol. The molecule has 146 valence electrons. The fourth-order valence-electron chi connectivity index (χ4n) is 3.40. The van der Waals surface area contributed by atoms with Crippen LogP contribution in [0.2, 0.25) is 0 Å². The Balaban J connectivity index is 1.38. The largest absolute Gasteiger partial charge is 0.389 e. The number of likely N-dealkylation sites (N-methyl/N-ethyl adjacent to an activating group) is 1. The Labute approximate surface area is 154 Å². The number of alkyl halides is 3. The van der Waals surface area contributed by atoms with Crippen LogP contribution in [-0.4, -0.2) is 63.0 Å². The highest BCUT2D eigenvalue weighted by Crippen LogP contribution is 2.35. The zero-order valence-corrected chi connectivity index (χ0v) is 15.0. The number of halogens is 3. The van der Waals surface area contributed by atoms with Crippen LogP contribution in [0.25, 0.3) is 5.65 Å². The minimum atomic E-state index is -4.31. The number of fused-ring (bicyclic) bond motifs is 1. The molecule has 0 aromatic carbocycles. The van der Waals surface area contributed by atoms with Crippen LogP contribution in [-0.2, 0) is 4.79 Å². The maximum absolute atomic E-state index is 12.3. The summed E-state index contributed by atoms with van der Waals surface area (Å²) < 4.78 is 38.6. The molecule has 0 spiro atoms. The van der Waals surface area contributed by atoms with Crippen LogP contribution in [0.3, 0.4) is 0 Å². The fourth-order valence-corrected chi connectivity index (χ4v) is 3.40. The normalized spacial score (nSPS) is 18.4. The van der Waals surface area contributed by atoms with Crippen LogP contribution in [0.1, 0.15) is 43.8 Å². The van der Waals surface area contributed by atoms with Crippen LogP contribution in [0.15, 0.2) is 12.1 Å². The van der Waals surface area contributed by atoms with Gasteiger partial charge in [-0.1, -0.05) is 6.42 Å². The van der Waals surface area contributed by atoms with Crippen molar-refractivity contribution < 1.29 is 18.0 Å². The topological polar surface area (TPSA) is 66.6 Å². The van der Waals surface area contributed by atoms with Gasteiger partial charge in [-0.25, -0.2) is 0 Å². The molecule has 0 bridgehead atoms. The average Bonchev–Trinajstić information content (AvgIpc) is 2.92. The summed E-state index contributed by atoms with van der Waals surface area (Å²) >= 11 is 0. The van der Waals surface area contributed by atoms with Gasteiger partial charge in [0.2, 0.25) is 5.91 Å². The van der Waals surface area contributed by atoms with Gasteiger partial charge in [-0.05, 0) is 25.0 Å². The summed E-state index contributed by atoms with van der Waals surface area (Å²) in [5.41, 5.74) is 0.706. The molecule has 4 rings (SSSR count). The molecular weight excluding hydrogens is 361 g/mol. The molecule has 3 heterocycles. The summed E-state index contributed by atoms with van der Waals surface area (Å²) in [7, 11) is 1.56. The quantitative estimate of drug-likeness (QED) is 0.794. The Morgan fingerprint density at radius 1 is 1.26 bits per heavy atom. The van der Waals surface area contributed by atoms with E-state index in [0.29, 0.717) is 24.7 Å². The Hall–Kier alpha value is -2.39. The minimum absolute atomic E-state index is 0.102. The second kappa shape index (κ2) is 6.65. The van der Waals surface area contributed by atoms with Crippen molar-refractivity contribution in [1.29, 1.82) is 0 Å². The first kappa shape index (κ1) is 18.0. The zero-order chi connectivity index (χ0) is 19.2. The molecule has 2 aromatic rings. The van der Waals surface area contributed by atoms with Gasteiger partial charge in [0, 0.05) is 32.5 Å². The lowest BCUT2D eigenvalue weighted by molar-refractivity contribution is -0.149. The molecule has 0 radical (unpaired) electrons. The second-order valence-corrected chi connectivity index (χ2v) is 7.33. The number of rotatable bonds is 5. The predicted octanol–water partition coefficient (Wildman–Crippen LogP) is 2.38. The van der Waals surface area contributed by atoms with Gasteiger partial charge in [-0.3, -0.25) is 4.79 Å². The first-order valence-electron chi connectivity index (χ1n) is 9.11. The van der Waals surface area contributed by atoms with E-state index in [1.165, 1.54) is 11.3 Å². The first-order chi connectivity index (χ1) is 12.8. The summed E-state index contributed by atoms with van der Waals surface area (Å²) in [6, 6.07) is 3.62. The summed E-state index contributed by atoms with van der Waals surface area (Å²) in [4.78, 5) is 15.4. The third-order valence-corrected chi connectivity index (χ3v) is 5.49. The molecular formula is C17H21F3N6O. The van der Waals surface area contributed by atoms with E-state index >= 15 is 0 Å². The van der Waals surface area contributed by atoms with E-state index in [1.807, 2.05) is 17.0 Å². The number of amides is 1. The number of anilines is 1. The van der Waals surface area contributed by atoms with Crippen LogP contribution in [0.5, 0.6) is 0 Å². The number of hydrogen-bond acceptors (Lipinski definition) is 5. The number of hydrogen-bond donors (Lipinski definition) is 0. The second-order valence-electron chi connectivity index (χ2n) is 7.33. The highest BCUT2D eigenvalue weighted by molar-refractivity contribution is 5.76. The summed E-state index contributed by atoms with van der Waals surface area (Å²) in [5.74, 6) is 1.57. The van der Waals surface area contributed by atoms with Crippen LogP contribution < -0.4 is 4.90 Å². The highest BCUT2D eigenvalue weighted by atomic mass is 19.4. The van der Waals surface area contributed by atoms with Gasteiger partial charge < -0.3 is 9.80 Å². The lowest BCUT2D eigenvalue weighted by atomic mass is 9.85. The number of nitrogens with zero attached hydrogens (tertiary/aromatic N) is 6. The van der Waals surface area contributed by atoms with Crippen molar-refractivity contribution >= 4 is 17.4 Å². The minimum Gasteiger partial charge on any atom is -0.351 e. The Bertz CT molecular complexity index is 841. The Kier molecular flexibility index (Phi) is 4.43. The summed E-state index contributed by atoms with van der Waals surface area (Å²) in [5, 5.41) is 13.0. The smallest absolute Gasteiger partial charge is 0.351 e. The molecule has 1 aliphatic carbocycles. The van der Waals surface area contributed by atoms with Crippen LogP contribution >= 0.6 is 0 Å². The maximum atomic E-state index is 12.3. The summed E-state index contributed by atoms with van der Waals surface area (Å²) in [6.45, 7) is 1.10. The van der Waals surface area contributed by atoms with Gasteiger partial charge in [-0.2, -0.15) is 17.7 Å². The van der Waals surface area contributed by atoms with Gasteiger partial charge in [0.15, 0.2) is 11.5 Å². The van der Waals surface area contributed by atoms with Crippen LogP contribution in [0, 0.1) is 0 Å². The van der Waals surface area contributed by atoms with E-state index in [4.69, 9.17) is 0 Å². The van der Waals surface area contributed by atoms with Crippen LogP contribution in [0.4, 0.5) is 19.0 Å². The molecule has 1 saturated heterocycles. The molecule has 0 atom stereocenters. The first-order valence-corrected chi connectivity index (χ1v) is 9.11. The van der Waals surface area contributed by atoms with E-state index in [1.54, 1.807) is 11.6 Å². The lowest BCUT2D eigenvalue weighted by Crippen LogP contribution is -2.60. The molecule has 1 saturated carbocycles. The molecule has 0 N–H and O–H groups in total. The number of aromatic nitrogens is 4.